The summed E-state index contributed by atoms with van der Waals surface area (Å²) in [6, 6.07) is 0. The van der Waals surface area contributed by atoms with Gasteiger partial charge in [0.25, 0.3) is 0 Å². The number of carbonyl (C=O) groups is 1. The normalized spacial score (nSPS) is 12.4. The van der Waals surface area contributed by atoms with Gasteiger partial charge < -0.3 is 10.4 Å². The minimum atomic E-state index is -0.0775. The number of aliphatic hydroxyl groups is 1. The molecule has 0 saturated carbocycles. The lowest BCUT2D eigenvalue weighted by atomic mass is 10.0. The van der Waals surface area contributed by atoms with Gasteiger partial charge in [-0.1, -0.05) is 24.9 Å². The van der Waals surface area contributed by atoms with Gasteiger partial charge in [-0.15, -0.1) is 0 Å². The number of aryl methyl sites for hydroxylation is 1. The highest BCUT2D eigenvalue weighted by Gasteiger charge is 2.13. The van der Waals surface area contributed by atoms with Gasteiger partial charge >= 0.3 is 0 Å². The second-order valence-corrected chi connectivity index (χ2v) is 5.49. The molecule has 1 heterocycles. The van der Waals surface area contributed by atoms with E-state index in [0.717, 1.165) is 30.7 Å². The van der Waals surface area contributed by atoms with Crippen molar-refractivity contribution >= 4 is 17.5 Å². The molecule has 1 aromatic heterocycles. The molecule has 2 N–H and O–H groups in total. The van der Waals surface area contributed by atoms with E-state index in [-0.39, 0.29) is 19.1 Å². The van der Waals surface area contributed by atoms with Crippen molar-refractivity contribution in [2.45, 2.75) is 46.6 Å². The molecule has 0 radical (unpaired) electrons. The van der Waals surface area contributed by atoms with Crippen molar-refractivity contribution in [1.29, 1.82) is 0 Å². The Hall–Kier alpha value is -1.07. The average molecular weight is 302 g/mol. The molecule has 5 nitrogen and oxygen atoms in total. The molecule has 0 aliphatic carbocycles. The standard InChI is InChI=1S/C14H24ClN3O2/c1-4-5-12(6-7-19)8-16-13(20)9-18-11(3)14(15)10(2)17-18/h12,19H,4-9H2,1-3H3,(H,16,20). The molecule has 0 saturated heterocycles. The number of halogens is 1. The van der Waals surface area contributed by atoms with Gasteiger partial charge in [-0.05, 0) is 32.6 Å². The van der Waals surface area contributed by atoms with Crippen LogP contribution in [-0.4, -0.2) is 33.9 Å². The summed E-state index contributed by atoms with van der Waals surface area (Å²) in [5.41, 5.74) is 1.54. The number of carbonyl (C=O) groups excluding carboxylic acids is 1. The van der Waals surface area contributed by atoms with Gasteiger partial charge in [0.1, 0.15) is 6.54 Å². The summed E-state index contributed by atoms with van der Waals surface area (Å²) in [6.07, 6.45) is 2.78. The quantitative estimate of drug-likeness (QED) is 0.772. The van der Waals surface area contributed by atoms with E-state index in [0.29, 0.717) is 17.5 Å². The van der Waals surface area contributed by atoms with Crippen LogP contribution in [-0.2, 0) is 11.3 Å². The smallest absolute Gasteiger partial charge is 0.241 e. The Morgan fingerprint density at radius 1 is 1.45 bits per heavy atom. The van der Waals surface area contributed by atoms with Gasteiger partial charge in [-0.2, -0.15) is 5.10 Å². The van der Waals surface area contributed by atoms with E-state index in [1.54, 1.807) is 4.68 Å². The van der Waals surface area contributed by atoms with E-state index in [4.69, 9.17) is 16.7 Å². The lowest BCUT2D eigenvalue weighted by molar-refractivity contribution is -0.122. The number of hydrogen-bond acceptors (Lipinski definition) is 3. The molecule has 1 rings (SSSR count). The summed E-state index contributed by atoms with van der Waals surface area (Å²) in [6.45, 7) is 6.71. The number of amides is 1. The molecule has 0 spiro atoms. The lowest BCUT2D eigenvalue weighted by Crippen LogP contribution is -2.33. The van der Waals surface area contributed by atoms with E-state index >= 15 is 0 Å². The zero-order valence-electron chi connectivity index (χ0n) is 12.4. The minimum absolute atomic E-state index is 0.0775. The van der Waals surface area contributed by atoms with Crippen LogP contribution in [0.2, 0.25) is 5.02 Å². The van der Waals surface area contributed by atoms with Crippen molar-refractivity contribution in [3.63, 3.8) is 0 Å². The Bertz CT molecular complexity index is 440. The number of rotatable bonds is 8. The first-order valence-corrected chi connectivity index (χ1v) is 7.44. The van der Waals surface area contributed by atoms with E-state index in [9.17, 15) is 4.79 Å². The first-order chi connectivity index (χ1) is 9.49. The van der Waals surface area contributed by atoms with Crippen molar-refractivity contribution in [3.05, 3.63) is 16.4 Å². The second-order valence-electron chi connectivity index (χ2n) is 5.11. The van der Waals surface area contributed by atoms with E-state index in [1.807, 2.05) is 13.8 Å². The zero-order valence-corrected chi connectivity index (χ0v) is 13.2. The molecular formula is C14H24ClN3O2. The summed E-state index contributed by atoms with van der Waals surface area (Å²) >= 11 is 6.05. The fourth-order valence-corrected chi connectivity index (χ4v) is 2.35. The average Bonchev–Trinajstić information content (AvgIpc) is 2.64. The molecule has 0 aliphatic rings. The molecule has 1 unspecified atom stereocenters. The summed E-state index contributed by atoms with van der Waals surface area (Å²) in [7, 11) is 0. The molecule has 1 atom stereocenters. The van der Waals surface area contributed by atoms with E-state index in [1.165, 1.54) is 0 Å². The number of hydrogen-bond donors (Lipinski definition) is 2. The van der Waals surface area contributed by atoms with Gasteiger partial charge in [-0.25, -0.2) is 0 Å². The third-order valence-electron chi connectivity index (χ3n) is 3.41. The maximum Gasteiger partial charge on any atom is 0.241 e. The molecule has 0 aromatic carbocycles. The van der Waals surface area contributed by atoms with Crippen LogP contribution in [0, 0.1) is 19.8 Å². The monoisotopic (exact) mass is 301 g/mol. The molecule has 0 aliphatic heterocycles. The van der Waals surface area contributed by atoms with Gasteiger partial charge in [0.15, 0.2) is 0 Å². The van der Waals surface area contributed by atoms with Gasteiger partial charge in [0.2, 0.25) is 5.91 Å². The third-order valence-corrected chi connectivity index (χ3v) is 3.96. The Labute approximate surface area is 125 Å². The van der Waals surface area contributed by atoms with Crippen LogP contribution < -0.4 is 5.32 Å². The zero-order chi connectivity index (χ0) is 15.1. The Morgan fingerprint density at radius 2 is 2.15 bits per heavy atom. The molecule has 20 heavy (non-hydrogen) atoms. The lowest BCUT2D eigenvalue weighted by Gasteiger charge is -2.15. The molecule has 114 valence electrons. The molecule has 1 aromatic rings. The summed E-state index contributed by atoms with van der Waals surface area (Å²) in [5, 5.41) is 16.7. The third kappa shape index (κ3) is 4.80. The highest BCUT2D eigenvalue weighted by atomic mass is 35.5. The van der Waals surface area contributed by atoms with E-state index in [2.05, 4.69) is 17.3 Å². The van der Waals surface area contributed by atoms with E-state index < -0.39 is 0 Å². The fraction of sp³-hybridized carbons (Fsp3) is 0.714. The molecular weight excluding hydrogens is 278 g/mol. The van der Waals surface area contributed by atoms with Crippen LogP contribution in [0.5, 0.6) is 0 Å². The van der Waals surface area contributed by atoms with Crippen LogP contribution in [0.1, 0.15) is 37.6 Å². The van der Waals surface area contributed by atoms with Crippen molar-refractivity contribution in [2.24, 2.45) is 5.92 Å². The molecule has 6 heteroatoms. The largest absolute Gasteiger partial charge is 0.396 e. The van der Waals surface area contributed by atoms with Crippen LogP contribution in [0.25, 0.3) is 0 Å². The van der Waals surface area contributed by atoms with Crippen molar-refractivity contribution in [3.8, 4) is 0 Å². The molecule has 1 amide bonds. The summed E-state index contributed by atoms with van der Waals surface area (Å²) in [4.78, 5) is 11.9. The highest BCUT2D eigenvalue weighted by molar-refractivity contribution is 6.31. The highest BCUT2D eigenvalue weighted by Crippen LogP contribution is 2.18. The van der Waals surface area contributed by atoms with Gasteiger partial charge in [0, 0.05) is 13.2 Å². The molecule has 0 bridgehead atoms. The summed E-state index contributed by atoms with van der Waals surface area (Å²) in [5.74, 6) is 0.254. The SMILES string of the molecule is CCCC(CCO)CNC(=O)Cn1nc(C)c(Cl)c1C. The summed E-state index contributed by atoms with van der Waals surface area (Å²) < 4.78 is 1.62. The van der Waals surface area contributed by atoms with Crippen LogP contribution in [0.4, 0.5) is 0 Å². The second kappa shape index (κ2) is 8.27. The van der Waals surface area contributed by atoms with Crippen LogP contribution >= 0.6 is 11.6 Å². The number of aliphatic hydroxyl groups excluding tert-OH is 1. The predicted molar refractivity (Wildman–Crippen MR) is 79.8 cm³/mol. The molecule has 0 fully saturated rings. The number of nitrogens with one attached hydrogen (secondary N) is 1. The fourth-order valence-electron chi connectivity index (χ4n) is 2.22. The van der Waals surface area contributed by atoms with Crippen LogP contribution in [0.15, 0.2) is 0 Å². The maximum absolute atomic E-state index is 11.9. The van der Waals surface area contributed by atoms with Crippen molar-refractivity contribution in [1.82, 2.24) is 15.1 Å². The first kappa shape index (κ1) is 17.0. The van der Waals surface area contributed by atoms with Crippen molar-refractivity contribution in [2.75, 3.05) is 13.2 Å². The van der Waals surface area contributed by atoms with Gasteiger partial charge in [0.05, 0.1) is 16.4 Å². The van der Waals surface area contributed by atoms with Gasteiger partial charge in [-0.3, -0.25) is 9.48 Å². The Morgan fingerprint density at radius 3 is 2.65 bits per heavy atom. The number of aromatic nitrogens is 2. The van der Waals surface area contributed by atoms with Crippen molar-refractivity contribution < 1.29 is 9.90 Å². The topological polar surface area (TPSA) is 67.2 Å². The van der Waals surface area contributed by atoms with Crippen LogP contribution in [0.3, 0.4) is 0 Å². The Balaban J connectivity index is 2.48. The predicted octanol–water partition coefficient (Wildman–Crippen LogP) is 2.07. The minimum Gasteiger partial charge on any atom is -0.396 e. The number of nitrogens with zero attached hydrogens (tertiary/aromatic N) is 2. The Kier molecular flexibility index (Phi) is 7.02. The maximum atomic E-state index is 11.9. The first-order valence-electron chi connectivity index (χ1n) is 7.06.